The van der Waals surface area contributed by atoms with Crippen LogP contribution in [0.15, 0.2) is 109 Å². The Kier molecular flexibility index (Phi) is 7.60. The summed E-state index contributed by atoms with van der Waals surface area (Å²) in [6, 6.07) is 36.1. The third kappa shape index (κ3) is 6.07. The number of carbonyl (C=O) groups is 1. The van der Waals surface area contributed by atoms with E-state index in [0.29, 0.717) is 13.0 Å². The summed E-state index contributed by atoms with van der Waals surface area (Å²) in [5.74, 6) is 1.70. The zero-order valence-electron chi connectivity index (χ0n) is 21.0. The predicted molar refractivity (Wildman–Crippen MR) is 148 cm³/mol. The van der Waals surface area contributed by atoms with E-state index in [0.717, 1.165) is 46.7 Å². The molecule has 0 aliphatic carbocycles. The molecule has 0 saturated heterocycles. The molecule has 37 heavy (non-hydrogen) atoms. The SMILES string of the molecule is CC(NC(=O)Cc1ccc(-c2ccccc2)cc1)c1nc2ccccc2n1CCCOc1ccccc1. The van der Waals surface area contributed by atoms with Crippen molar-refractivity contribution in [3.8, 4) is 16.9 Å². The number of aryl methyl sites for hydroxylation is 1. The summed E-state index contributed by atoms with van der Waals surface area (Å²) in [5.41, 5.74) is 5.29. The Morgan fingerprint density at radius 2 is 1.49 bits per heavy atom. The van der Waals surface area contributed by atoms with E-state index < -0.39 is 0 Å². The number of nitrogens with one attached hydrogen (secondary N) is 1. The van der Waals surface area contributed by atoms with E-state index in [-0.39, 0.29) is 11.9 Å². The van der Waals surface area contributed by atoms with Crippen molar-refractivity contribution in [1.29, 1.82) is 0 Å². The van der Waals surface area contributed by atoms with Gasteiger partial charge in [0.15, 0.2) is 0 Å². The van der Waals surface area contributed by atoms with Gasteiger partial charge >= 0.3 is 0 Å². The minimum absolute atomic E-state index is 0.0222. The zero-order valence-corrected chi connectivity index (χ0v) is 21.0. The van der Waals surface area contributed by atoms with Crippen LogP contribution in [-0.2, 0) is 17.8 Å². The molecule has 0 radical (unpaired) electrons. The molecule has 4 aromatic carbocycles. The smallest absolute Gasteiger partial charge is 0.224 e. The van der Waals surface area contributed by atoms with Crippen LogP contribution in [0.25, 0.3) is 22.2 Å². The molecule has 1 heterocycles. The number of hydrogen-bond donors (Lipinski definition) is 1. The lowest BCUT2D eigenvalue weighted by atomic mass is 10.0. The van der Waals surface area contributed by atoms with Gasteiger partial charge in [-0.2, -0.15) is 0 Å². The molecule has 0 saturated carbocycles. The zero-order chi connectivity index (χ0) is 25.5. The van der Waals surface area contributed by atoms with E-state index in [1.165, 1.54) is 5.56 Å². The van der Waals surface area contributed by atoms with Gasteiger partial charge < -0.3 is 14.6 Å². The Bertz CT molecular complexity index is 1440. The standard InChI is InChI=1S/C32H31N3O2/c1-24(33-31(36)23-25-17-19-27(20-18-25)26-11-4-2-5-12-26)32-34-29-15-8-9-16-30(29)35(32)21-10-22-37-28-13-6-3-7-14-28/h2-9,11-20,24H,10,21-23H2,1H3,(H,33,36). The number of aromatic nitrogens is 2. The minimum atomic E-state index is -0.224. The molecular formula is C32H31N3O2. The molecule has 1 aromatic heterocycles. The third-order valence-electron chi connectivity index (χ3n) is 6.41. The van der Waals surface area contributed by atoms with Gasteiger partial charge in [0.1, 0.15) is 11.6 Å². The molecule has 1 unspecified atom stereocenters. The Morgan fingerprint density at radius 1 is 0.838 bits per heavy atom. The van der Waals surface area contributed by atoms with Crippen molar-refractivity contribution in [3.63, 3.8) is 0 Å². The number of amides is 1. The molecule has 5 aromatic rings. The maximum atomic E-state index is 12.9. The van der Waals surface area contributed by atoms with E-state index >= 15 is 0 Å². The van der Waals surface area contributed by atoms with Crippen LogP contribution in [0.4, 0.5) is 0 Å². The molecular weight excluding hydrogens is 458 g/mol. The number of hydrogen-bond acceptors (Lipinski definition) is 3. The van der Waals surface area contributed by atoms with Gasteiger partial charge in [-0.15, -0.1) is 0 Å². The summed E-state index contributed by atoms with van der Waals surface area (Å²) in [4.78, 5) is 17.8. The van der Waals surface area contributed by atoms with E-state index in [1.54, 1.807) is 0 Å². The van der Waals surface area contributed by atoms with Gasteiger partial charge in [0.2, 0.25) is 5.91 Å². The highest BCUT2D eigenvalue weighted by molar-refractivity contribution is 5.80. The highest BCUT2D eigenvalue weighted by Crippen LogP contribution is 2.22. The van der Waals surface area contributed by atoms with E-state index in [2.05, 4.69) is 40.2 Å². The monoisotopic (exact) mass is 489 g/mol. The first-order valence-corrected chi connectivity index (χ1v) is 12.7. The van der Waals surface area contributed by atoms with Gasteiger partial charge in [-0.3, -0.25) is 4.79 Å². The fourth-order valence-electron chi connectivity index (χ4n) is 4.58. The van der Waals surface area contributed by atoms with Crippen molar-refractivity contribution in [2.24, 2.45) is 0 Å². The quantitative estimate of drug-likeness (QED) is 0.225. The molecule has 1 amide bonds. The predicted octanol–water partition coefficient (Wildman–Crippen LogP) is 6.59. The normalized spacial score (nSPS) is 11.8. The summed E-state index contributed by atoms with van der Waals surface area (Å²) in [5, 5.41) is 3.16. The molecule has 186 valence electrons. The van der Waals surface area contributed by atoms with Crippen molar-refractivity contribution in [3.05, 3.63) is 121 Å². The van der Waals surface area contributed by atoms with Crippen molar-refractivity contribution >= 4 is 16.9 Å². The topological polar surface area (TPSA) is 56.2 Å². The summed E-state index contributed by atoms with van der Waals surface area (Å²) in [6.45, 7) is 3.36. The molecule has 0 fully saturated rings. The number of fused-ring (bicyclic) bond motifs is 1. The molecule has 0 spiro atoms. The first-order valence-electron chi connectivity index (χ1n) is 12.7. The second-order valence-corrected chi connectivity index (χ2v) is 9.15. The first kappa shape index (κ1) is 24.3. The Balaban J connectivity index is 1.23. The number of benzene rings is 4. The number of ether oxygens (including phenoxy) is 1. The van der Waals surface area contributed by atoms with Gasteiger partial charge in [0.25, 0.3) is 0 Å². The van der Waals surface area contributed by atoms with Crippen LogP contribution in [0.2, 0.25) is 0 Å². The number of carbonyl (C=O) groups excluding carboxylic acids is 1. The molecule has 1 atom stereocenters. The van der Waals surface area contributed by atoms with Crippen molar-refractivity contribution in [2.75, 3.05) is 6.61 Å². The summed E-state index contributed by atoms with van der Waals surface area (Å²) in [7, 11) is 0. The largest absolute Gasteiger partial charge is 0.494 e. The van der Waals surface area contributed by atoms with Crippen LogP contribution in [0.1, 0.15) is 30.8 Å². The van der Waals surface area contributed by atoms with Crippen molar-refractivity contribution in [1.82, 2.24) is 14.9 Å². The molecule has 0 bridgehead atoms. The van der Waals surface area contributed by atoms with Crippen LogP contribution in [0, 0.1) is 0 Å². The lowest BCUT2D eigenvalue weighted by Crippen LogP contribution is -2.30. The third-order valence-corrected chi connectivity index (χ3v) is 6.41. The lowest BCUT2D eigenvalue weighted by Gasteiger charge is -2.17. The number of imidazole rings is 1. The average Bonchev–Trinajstić information content (AvgIpc) is 3.31. The van der Waals surface area contributed by atoms with Crippen LogP contribution in [0.5, 0.6) is 5.75 Å². The summed E-state index contributed by atoms with van der Waals surface area (Å²) < 4.78 is 8.08. The highest BCUT2D eigenvalue weighted by atomic mass is 16.5. The second kappa shape index (κ2) is 11.6. The Labute approximate surface area is 217 Å². The lowest BCUT2D eigenvalue weighted by molar-refractivity contribution is -0.121. The maximum Gasteiger partial charge on any atom is 0.224 e. The van der Waals surface area contributed by atoms with Crippen molar-refractivity contribution < 1.29 is 9.53 Å². The van der Waals surface area contributed by atoms with Crippen molar-refractivity contribution in [2.45, 2.75) is 32.4 Å². The molecule has 0 aliphatic heterocycles. The van der Waals surface area contributed by atoms with E-state index in [1.807, 2.05) is 85.8 Å². The molecule has 5 nitrogen and oxygen atoms in total. The number of rotatable bonds is 10. The van der Waals surface area contributed by atoms with Gasteiger partial charge in [0.05, 0.1) is 30.1 Å². The van der Waals surface area contributed by atoms with Gasteiger partial charge in [0, 0.05) is 6.54 Å². The summed E-state index contributed by atoms with van der Waals surface area (Å²) >= 11 is 0. The summed E-state index contributed by atoms with van der Waals surface area (Å²) in [6.07, 6.45) is 1.15. The van der Waals surface area contributed by atoms with E-state index in [4.69, 9.17) is 9.72 Å². The van der Waals surface area contributed by atoms with Crippen LogP contribution in [0.3, 0.4) is 0 Å². The van der Waals surface area contributed by atoms with Crippen LogP contribution in [-0.4, -0.2) is 22.1 Å². The maximum absolute atomic E-state index is 12.9. The Morgan fingerprint density at radius 3 is 2.24 bits per heavy atom. The minimum Gasteiger partial charge on any atom is -0.494 e. The fraction of sp³-hybridized carbons (Fsp3) is 0.188. The van der Waals surface area contributed by atoms with E-state index in [9.17, 15) is 4.79 Å². The first-order chi connectivity index (χ1) is 18.2. The highest BCUT2D eigenvalue weighted by Gasteiger charge is 2.18. The van der Waals surface area contributed by atoms with Gasteiger partial charge in [-0.1, -0.05) is 84.9 Å². The molecule has 5 heteroatoms. The van der Waals surface area contributed by atoms with Crippen LogP contribution >= 0.6 is 0 Å². The Hall–Kier alpha value is -4.38. The average molecular weight is 490 g/mol. The fourth-order valence-corrected chi connectivity index (χ4v) is 4.58. The van der Waals surface area contributed by atoms with Gasteiger partial charge in [-0.05, 0) is 54.3 Å². The molecule has 0 aliphatic rings. The molecule has 1 N–H and O–H groups in total. The molecule has 5 rings (SSSR count). The second-order valence-electron chi connectivity index (χ2n) is 9.15. The van der Waals surface area contributed by atoms with Crippen LogP contribution < -0.4 is 10.1 Å². The van der Waals surface area contributed by atoms with Gasteiger partial charge in [-0.25, -0.2) is 4.98 Å². The number of nitrogens with zero attached hydrogens (tertiary/aromatic N) is 2. The number of para-hydroxylation sites is 3.